The molecule has 3 nitrogen and oxygen atoms in total. The van der Waals surface area contributed by atoms with Gasteiger partial charge in [-0.1, -0.05) is 12.1 Å². The highest BCUT2D eigenvalue weighted by atomic mass is 16.5. The molecule has 0 atom stereocenters. The minimum absolute atomic E-state index is 0.0185. The molecule has 0 amide bonds. The molecule has 3 heteroatoms. The fourth-order valence-electron chi connectivity index (χ4n) is 1.57. The highest BCUT2D eigenvalue weighted by Gasteiger charge is 2.21. The highest BCUT2D eigenvalue weighted by Crippen LogP contribution is 2.29. The lowest BCUT2D eigenvalue weighted by atomic mass is 9.96. The molecule has 14 heavy (non-hydrogen) atoms. The summed E-state index contributed by atoms with van der Waals surface area (Å²) in [4.78, 5) is 0. The molecule has 1 aromatic carbocycles. The van der Waals surface area contributed by atoms with E-state index in [1.807, 2.05) is 18.2 Å². The Kier molecular flexibility index (Phi) is 2.70. The zero-order valence-electron chi connectivity index (χ0n) is 8.19. The lowest BCUT2D eigenvalue weighted by Crippen LogP contribution is -2.25. The van der Waals surface area contributed by atoms with E-state index in [0.717, 1.165) is 24.5 Å². The Balaban J connectivity index is 2.26. The molecule has 1 aromatic rings. The van der Waals surface area contributed by atoms with Crippen molar-refractivity contribution >= 4 is 0 Å². The predicted octanol–water partition coefficient (Wildman–Crippen LogP) is 1.30. The zero-order valence-corrected chi connectivity index (χ0v) is 8.19. The van der Waals surface area contributed by atoms with Gasteiger partial charge in [-0.15, -0.1) is 0 Å². The molecule has 0 radical (unpaired) electrons. The third-order valence-electron chi connectivity index (χ3n) is 2.59. The Morgan fingerprint density at radius 1 is 1.50 bits per heavy atom. The van der Waals surface area contributed by atoms with E-state index in [1.54, 1.807) is 7.11 Å². The van der Waals surface area contributed by atoms with E-state index in [4.69, 9.17) is 14.6 Å². The molecule has 0 aromatic heterocycles. The molecule has 1 aliphatic rings. The van der Waals surface area contributed by atoms with E-state index in [9.17, 15) is 0 Å². The second-order valence-electron chi connectivity index (χ2n) is 3.46. The predicted molar refractivity (Wildman–Crippen MR) is 52.5 cm³/mol. The first-order chi connectivity index (χ1) is 6.85. The molecule has 1 fully saturated rings. The molecule has 1 heterocycles. The molecule has 0 spiro atoms. The Hall–Kier alpha value is -1.06. The van der Waals surface area contributed by atoms with E-state index < -0.39 is 0 Å². The van der Waals surface area contributed by atoms with Gasteiger partial charge in [0.05, 0.1) is 26.9 Å². The number of aliphatic hydroxyl groups is 1. The standard InChI is InChI=1S/C11H14O3/c1-13-11-4-8(10-6-14-7-10)2-3-9(11)5-12/h2-4,10,12H,5-7H2,1H3. The number of rotatable bonds is 3. The van der Waals surface area contributed by atoms with Crippen LogP contribution in [-0.4, -0.2) is 25.4 Å². The average molecular weight is 194 g/mol. The Labute approximate surface area is 83.3 Å². The van der Waals surface area contributed by atoms with Crippen molar-refractivity contribution < 1.29 is 14.6 Å². The number of ether oxygens (including phenoxy) is 2. The van der Waals surface area contributed by atoms with Crippen molar-refractivity contribution in [3.8, 4) is 5.75 Å². The van der Waals surface area contributed by atoms with Gasteiger partial charge in [0.1, 0.15) is 5.75 Å². The summed E-state index contributed by atoms with van der Waals surface area (Å²) in [5, 5.41) is 9.05. The van der Waals surface area contributed by atoms with Crippen molar-refractivity contribution in [2.45, 2.75) is 12.5 Å². The number of benzene rings is 1. The van der Waals surface area contributed by atoms with E-state index in [-0.39, 0.29) is 6.61 Å². The van der Waals surface area contributed by atoms with Gasteiger partial charge in [0.25, 0.3) is 0 Å². The van der Waals surface area contributed by atoms with Crippen LogP contribution in [-0.2, 0) is 11.3 Å². The number of aliphatic hydroxyl groups excluding tert-OH is 1. The summed E-state index contributed by atoms with van der Waals surface area (Å²) in [7, 11) is 1.62. The quantitative estimate of drug-likeness (QED) is 0.788. The first kappa shape index (κ1) is 9.49. The topological polar surface area (TPSA) is 38.7 Å². The number of methoxy groups -OCH3 is 1. The van der Waals surface area contributed by atoms with Crippen molar-refractivity contribution in [1.82, 2.24) is 0 Å². The summed E-state index contributed by atoms with van der Waals surface area (Å²) in [6, 6.07) is 5.92. The van der Waals surface area contributed by atoms with Gasteiger partial charge in [0, 0.05) is 11.5 Å². The second-order valence-corrected chi connectivity index (χ2v) is 3.46. The van der Waals surface area contributed by atoms with E-state index >= 15 is 0 Å². The molecule has 76 valence electrons. The minimum atomic E-state index is 0.0185. The van der Waals surface area contributed by atoms with Crippen LogP contribution in [0, 0.1) is 0 Å². The van der Waals surface area contributed by atoms with Crippen LogP contribution in [0.4, 0.5) is 0 Å². The monoisotopic (exact) mass is 194 g/mol. The van der Waals surface area contributed by atoms with E-state index in [2.05, 4.69) is 0 Å². The first-order valence-electron chi connectivity index (χ1n) is 4.70. The molecule has 1 N–H and O–H groups in total. The van der Waals surface area contributed by atoms with Crippen LogP contribution in [0.25, 0.3) is 0 Å². The lowest BCUT2D eigenvalue weighted by Gasteiger charge is -2.26. The van der Waals surface area contributed by atoms with Gasteiger partial charge < -0.3 is 14.6 Å². The molecule has 0 aliphatic carbocycles. The Morgan fingerprint density at radius 3 is 2.79 bits per heavy atom. The van der Waals surface area contributed by atoms with Crippen LogP contribution in [0.1, 0.15) is 17.0 Å². The zero-order chi connectivity index (χ0) is 9.97. The van der Waals surface area contributed by atoms with Crippen molar-refractivity contribution in [3.05, 3.63) is 29.3 Å². The van der Waals surface area contributed by atoms with Gasteiger partial charge in [0.15, 0.2) is 0 Å². The van der Waals surface area contributed by atoms with E-state index in [1.165, 1.54) is 5.56 Å². The molecular weight excluding hydrogens is 180 g/mol. The smallest absolute Gasteiger partial charge is 0.124 e. The number of hydrogen-bond donors (Lipinski definition) is 1. The molecule has 1 aliphatic heterocycles. The maximum Gasteiger partial charge on any atom is 0.124 e. The van der Waals surface area contributed by atoms with Crippen LogP contribution >= 0.6 is 0 Å². The first-order valence-corrected chi connectivity index (χ1v) is 4.70. The van der Waals surface area contributed by atoms with Crippen LogP contribution in [0.15, 0.2) is 18.2 Å². The maximum absolute atomic E-state index is 9.05. The molecule has 2 rings (SSSR count). The molecular formula is C11H14O3. The normalized spacial score (nSPS) is 16.4. The van der Waals surface area contributed by atoms with Gasteiger partial charge in [-0.25, -0.2) is 0 Å². The summed E-state index contributed by atoms with van der Waals surface area (Å²) in [6.07, 6.45) is 0. The Bertz CT molecular complexity index is 318. The van der Waals surface area contributed by atoms with Crippen molar-refractivity contribution in [2.24, 2.45) is 0 Å². The SMILES string of the molecule is COc1cc(C2COC2)ccc1CO. The average Bonchev–Trinajstić information content (AvgIpc) is 2.15. The van der Waals surface area contributed by atoms with Crippen LogP contribution in [0.5, 0.6) is 5.75 Å². The fraction of sp³-hybridized carbons (Fsp3) is 0.455. The number of hydrogen-bond acceptors (Lipinski definition) is 3. The van der Waals surface area contributed by atoms with E-state index in [0.29, 0.717) is 5.92 Å². The van der Waals surface area contributed by atoms with Crippen molar-refractivity contribution in [1.29, 1.82) is 0 Å². The minimum Gasteiger partial charge on any atom is -0.496 e. The molecule has 1 saturated heterocycles. The molecule has 0 bridgehead atoms. The van der Waals surface area contributed by atoms with Gasteiger partial charge in [-0.3, -0.25) is 0 Å². The highest BCUT2D eigenvalue weighted by molar-refractivity contribution is 5.39. The van der Waals surface area contributed by atoms with Gasteiger partial charge in [-0.05, 0) is 11.6 Å². The third kappa shape index (κ3) is 1.61. The van der Waals surface area contributed by atoms with Crippen molar-refractivity contribution in [3.63, 3.8) is 0 Å². The second kappa shape index (κ2) is 3.98. The summed E-state index contributed by atoms with van der Waals surface area (Å²) in [6.45, 7) is 1.61. The van der Waals surface area contributed by atoms with Crippen LogP contribution < -0.4 is 4.74 Å². The summed E-state index contributed by atoms with van der Waals surface area (Å²) >= 11 is 0. The summed E-state index contributed by atoms with van der Waals surface area (Å²) in [5.41, 5.74) is 2.06. The van der Waals surface area contributed by atoms with Gasteiger partial charge >= 0.3 is 0 Å². The third-order valence-corrected chi connectivity index (χ3v) is 2.59. The molecule has 0 saturated carbocycles. The largest absolute Gasteiger partial charge is 0.496 e. The van der Waals surface area contributed by atoms with Gasteiger partial charge in [0.2, 0.25) is 0 Å². The van der Waals surface area contributed by atoms with Crippen LogP contribution in [0.3, 0.4) is 0 Å². The summed E-state index contributed by atoms with van der Waals surface area (Å²) in [5.74, 6) is 1.26. The fourth-order valence-corrected chi connectivity index (χ4v) is 1.57. The molecule has 0 unspecified atom stereocenters. The summed E-state index contributed by atoms with van der Waals surface area (Å²) < 4.78 is 10.3. The maximum atomic E-state index is 9.05. The Morgan fingerprint density at radius 2 is 2.29 bits per heavy atom. The lowest BCUT2D eigenvalue weighted by molar-refractivity contribution is 0.00834. The van der Waals surface area contributed by atoms with Crippen LogP contribution in [0.2, 0.25) is 0 Å². The van der Waals surface area contributed by atoms with Gasteiger partial charge in [-0.2, -0.15) is 0 Å². The van der Waals surface area contributed by atoms with Crippen molar-refractivity contribution in [2.75, 3.05) is 20.3 Å².